The highest BCUT2D eigenvalue weighted by Crippen LogP contribution is 2.18. The van der Waals surface area contributed by atoms with E-state index in [-0.39, 0.29) is 35.5 Å². The van der Waals surface area contributed by atoms with Crippen LogP contribution in [0, 0.1) is 5.82 Å². The van der Waals surface area contributed by atoms with Crippen molar-refractivity contribution in [1.82, 2.24) is 10.2 Å². The molecule has 0 amide bonds. The summed E-state index contributed by atoms with van der Waals surface area (Å²) in [4.78, 5) is 6.30. The highest BCUT2D eigenvalue weighted by Gasteiger charge is 2.08. The van der Waals surface area contributed by atoms with Gasteiger partial charge in [0.05, 0.1) is 6.61 Å². The summed E-state index contributed by atoms with van der Waals surface area (Å²) in [6.07, 6.45) is 0. The zero-order valence-electron chi connectivity index (χ0n) is 14.1. The third kappa shape index (κ3) is 5.94. The number of nitrogens with one attached hydrogen (secondary N) is 1. The van der Waals surface area contributed by atoms with E-state index in [1.807, 2.05) is 24.9 Å². The average Bonchev–Trinajstić information content (AvgIpc) is 3.03. The second-order valence-electron chi connectivity index (χ2n) is 5.09. The maximum Gasteiger partial charge on any atom is 0.193 e. The quantitative estimate of drug-likeness (QED) is 0.398. The summed E-state index contributed by atoms with van der Waals surface area (Å²) < 4.78 is 19.1. The molecule has 1 N–H and O–H groups in total. The van der Waals surface area contributed by atoms with Crippen LogP contribution in [0.25, 0.3) is 0 Å². The largest absolute Gasteiger partial charge is 0.491 e. The summed E-state index contributed by atoms with van der Waals surface area (Å²) in [5.41, 5.74) is 2.09. The maximum atomic E-state index is 13.9. The molecule has 0 spiro atoms. The molecule has 0 radical (unpaired) electrons. The fourth-order valence-electron chi connectivity index (χ4n) is 2.22. The Balaban J connectivity index is 0.00000288. The van der Waals surface area contributed by atoms with Crippen molar-refractivity contribution in [2.24, 2.45) is 4.99 Å². The third-order valence-corrected chi connectivity index (χ3v) is 4.05. The Labute approximate surface area is 163 Å². The van der Waals surface area contributed by atoms with Gasteiger partial charge in [-0.2, -0.15) is 11.3 Å². The summed E-state index contributed by atoms with van der Waals surface area (Å²) >= 11 is 1.68. The molecule has 1 aromatic carbocycles. The molecule has 0 fully saturated rings. The second-order valence-corrected chi connectivity index (χ2v) is 5.87. The molecule has 0 unspecified atom stereocenters. The van der Waals surface area contributed by atoms with E-state index in [1.165, 1.54) is 11.6 Å². The van der Waals surface area contributed by atoms with Gasteiger partial charge in [0.15, 0.2) is 17.5 Å². The standard InChI is InChI=1S/C17H22FN3OS.HI/c1-4-22-16-6-5-13(9-15(16)18)10-20-17(19-2)21(3)11-14-7-8-23-12-14;/h5-9,12H,4,10-11H2,1-3H3,(H,19,20);1H. The van der Waals surface area contributed by atoms with Gasteiger partial charge in [0.2, 0.25) is 0 Å². The molecule has 0 saturated heterocycles. The van der Waals surface area contributed by atoms with E-state index in [9.17, 15) is 4.39 Å². The lowest BCUT2D eigenvalue weighted by Gasteiger charge is -2.21. The van der Waals surface area contributed by atoms with E-state index in [2.05, 4.69) is 27.1 Å². The van der Waals surface area contributed by atoms with Crippen molar-refractivity contribution in [1.29, 1.82) is 0 Å². The van der Waals surface area contributed by atoms with Gasteiger partial charge >= 0.3 is 0 Å². The van der Waals surface area contributed by atoms with Crippen LogP contribution in [-0.2, 0) is 13.1 Å². The molecule has 0 saturated carbocycles. The zero-order valence-corrected chi connectivity index (χ0v) is 17.2. The second kappa shape index (κ2) is 10.5. The van der Waals surface area contributed by atoms with E-state index in [1.54, 1.807) is 24.5 Å². The lowest BCUT2D eigenvalue weighted by atomic mass is 10.2. The minimum atomic E-state index is -0.340. The number of nitrogens with zero attached hydrogens (tertiary/aromatic N) is 2. The molecule has 0 aliphatic rings. The zero-order chi connectivity index (χ0) is 16.7. The van der Waals surface area contributed by atoms with Crippen LogP contribution < -0.4 is 10.1 Å². The Kier molecular flexibility index (Phi) is 9.05. The molecule has 0 aliphatic carbocycles. The lowest BCUT2D eigenvalue weighted by molar-refractivity contribution is 0.321. The van der Waals surface area contributed by atoms with E-state index >= 15 is 0 Å². The summed E-state index contributed by atoms with van der Waals surface area (Å²) in [7, 11) is 3.72. The van der Waals surface area contributed by atoms with Crippen LogP contribution >= 0.6 is 35.3 Å². The van der Waals surface area contributed by atoms with Gasteiger partial charge < -0.3 is 15.0 Å². The van der Waals surface area contributed by atoms with Gasteiger partial charge in [0.1, 0.15) is 0 Å². The average molecular weight is 463 g/mol. The molecule has 0 aliphatic heterocycles. The van der Waals surface area contributed by atoms with Crippen molar-refractivity contribution in [3.05, 3.63) is 52.0 Å². The van der Waals surface area contributed by atoms with Gasteiger partial charge in [-0.15, -0.1) is 24.0 Å². The minimum Gasteiger partial charge on any atom is -0.491 e. The number of aliphatic imine (C=N–C) groups is 1. The van der Waals surface area contributed by atoms with E-state index in [4.69, 9.17) is 4.74 Å². The highest BCUT2D eigenvalue weighted by atomic mass is 127. The van der Waals surface area contributed by atoms with Crippen LogP contribution in [0.4, 0.5) is 4.39 Å². The van der Waals surface area contributed by atoms with Crippen molar-refractivity contribution >= 4 is 41.3 Å². The van der Waals surface area contributed by atoms with E-state index in [0.29, 0.717) is 13.2 Å². The molecule has 7 heteroatoms. The van der Waals surface area contributed by atoms with Gasteiger partial charge in [0, 0.05) is 27.2 Å². The Hall–Kier alpha value is -1.35. The monoisotopic (exact) mass is 463 g/mol. The van der Waals surface area contributed by atoms with Crippen LogP contribution in [0.1, 0.15) is 18.1 Å². The molecular formula is C17H23FIN3OS. The molecule has 1 heterocycles. The van der Waals surface area contributed by atoms with E-state index in [0.717, 1.165) is 18.1 Å². The van der Waals surface area contributed by atoms with Gasteiger partial charge in [-0.05, 0) is 47.0 Å². The number of hydrogen-bond donors (Lipinski definition) is 1. The summed E-state index contributed by atoms with van der Waals surface area (Å²) in [5, 5.41) is 7.42. The van der Waals surface area contributed by atoms with Gasteiger partial charge in [-0.25, -0.2) is 4.39 Å². The first kappa shape index (κ1) is 20.7. The number of guanidine groups is 1. The van der Waals surface area contributed by atoms with Crippen LogP contribution in [0.5, 0.6) is 5.75 Å². The van der Waals surface area contributed by atoms with Crippen LogP contribution in [0.2, 0.25) is 0 Å². The fourth-order valence-corrected chi connectivity index (χ4v) is 2.88. The van der Waals surface area contributed by atoms with Crippen molar-refractivity contribution in [3.8, 4) is 5.75 Å². The van der Waals surface area contributed by atoms with Crippen molar-refractivity contribution < 1.29 is 9.13 Å². The molecular weight excluding hydrogens is 440 g/mol. The summed E-state index contributed by atoms with van der Waals surface area (Å²) in [6.45, 7) is 3.57. The Morgan fingerprint density at radius 3 is 2.71 bits per heavy atom. The van der Waals surface area contributed by atoms with Crippen LogP contribution in [0.3, 0.4) is 0 Å². The molecule has 4 nitrogen and oxygen atoms in total. The lowest BCUT2D eigenvalue weighted by Crippen LogP contribution is -2.37. The van der Waals surface area contributed by atoms with Gasteiger partial charge in [-0.3, -0.25) is 4.99 Å². The molecule has 2 rings (SSSR count). The predicted octanol–water partition coefficient (Wildman–Crippen LogP) is 4.11. The SMILES string of the molecule is CCOc1ccc(CNC(=NC)N(C)Cc2ccsc2)cc1F.I. The minimum absolute atomic E-state index is 0. The van der Waals surface area contributed by atoms with E-state index < -0.39 is 0 Å². The topological polar surface area (TPSA) is 36.9 Å². The van der Waals surface area contributed by atoms with Gasteiger partial charge in [-0.1, -0.05) is 6.07 Å². The molecule has 0 bridgehead atoms. The summed E-state index contributed by atoms with van der Waals surface area (Å²) in [6, 6.07) is 7.10. The first-order chi connectivity index (χ1) is 11.1. The van der Waals surface area contributed by atoms with Crippen molar-refractivity contribution in [3.63, 3.8) is 0 Å². The predicted molar refractivity (Wildman–Crippen MR) is 109 cm³/mol. The Bertz CT molecular complexity index is 649. The smallest absolute Gasteiger partial charge is 0.193 e. The number of benzene rings is 1. The number of halogens is 2. The van der Waals surface area contributed by atoms with Crippen LogP contribution in [0.15, 0.2) is 40.0 Å². The number of thiophene rings is 1. The highest BCUT2D eigenvalue weighted by molar-refractivity contribution is 14.0. The molecule has 0 atom stereocenters. The molecule has 1 aromatic heterocycles. The normalized spacial score (nSPS) is 10.9. The maximum absolute atomic E-state index is 13.9. The first-order valence-electron chi connectivity index (χ1n) is 7.48. The molecule has 132 valence electrons. The first-order valence-corrected chi connectivity index (χ1v) is 8.42. The van der Waals surface area contributed by atoms with Crippen molar-refractivity contribution in [2.45, 2.75) is 20.0 Å². The number of ether oxygens (including phenoxy) is 1. The van der Waals surface area contributed by atoms with Crippen LogP contribution in [-0.4, -0.2) is 31.6 Å². The molecule has 24 heavy (non-hydrogen) atoms. The third-order valence-electron chi connectivity index (χ3n) is 3.32. The fraction of sp³-hybridized carbons (Fsp3) is 0.353. The van der Waals surface area contributed by atoms with Gasteiger partial charge in [0.25, 0.3) is 0 Å². The molecule has 2 aromatic rings. The number of rotatable bonds is 6. The van der Waals surface area contributed by atoms with Crippen molar-refractivity contribution in [2.75, 3.05) is 20.7 Å². The number of hydrogen-bond acceptors (Lipinski definition) is 3. The Morgan fingerprint density at radius 2 is 2.12 bits per heavy atom. The Morgan fingerprint density at radius 1 is 1.33 bits per heavy atom. The summed E-state index contributed by atoms with van der Waals surface area (Å²) in [5.74, 6) is 0.716.